The molecule has 0 bridgehead atoms. The normalized spacial score (nSPS) is 15.3. The van der Waals surface area contributed by atoms with Crippen LogP contribution >= 0.6 is 0 Å². The number of rotatable bonds is 7. The van der Waals surface area contributed by atoms with Crippen molar-refractivity contribution < 1.29 is 19.5 Å². The molecule has 0 aromatic heterocycles. The van der Waals surface area contributed by atoms with Crippen molar-refractivity contribution in [2.24, 2.45) is 5.41 Å². The first-order valence-electron chi connectivity index (χ1n) is 7.71. The molecule has 1 saturated carbocycles. The van der Waals surface area contributed by atoms with Crippen LogP contribution in [0.25, 0.3) is 0 Å². The van der Waals surface area contributed by atoms with E-state index in [-0.39, 0.29) is 24.8 Å². The highest BCUT2D eigenvalue weighted by Gasteiger charge is 2.45. The van der Waals surface area contributed by atoms with Gasteiger partial charge in [-0.05, 0) is 18.4 Å². The zero-order valence-corrected chi connectivity index (χ0v) is 13.2. The highest BCUT2D eigenvalue weighted by Crippen LogP contribution is 2.44. The lowest BCUT2D eigenvalue weighted by atomic mass is 9.66. The van der Waals surface area contributed by atoms with Gasteiger partial charge in [0.1, 0.15) is 0 Å². The first-order valence-corrected chi connectivity index (χ1v) is 7.71. The smallest absolute Gasteiger partial charge is 0.310 e. The van der Waals surface area contributed by atoms with Crippen molar-refractivity contribution in [3.8, 4) is 0 Å². The Bertz CT molecular complexity index is 582. The van der Waals surface area contributed by atoms with Gasteiger partial charge in [-0.1, -0.05) is 36.8 Å². The average molecular weight is 318 g/mol. The Morgan fingerprint density at radius 2 is 1.87 bits per heavy atom. The number of carboxylic acid groups (broad SMARTS) is 1. The van der Waals surface area contributed by atoms with Gasteiger partial charge in [0, 0.05) is 20.0 Å². The summed E-state index contributed by atoms with van der Waals surface area (Å²) in [6.45, 7) is 0.354. The molecule has 1 fully saturated rings. The number of likely N-dealkylation sites (N-methyl/N-ethyl adjacent to an activating group) is 1. The van der Waals surface area contributed by atoms with Gasteiger partial charge in [-0.2, -0.15) is 0 Å². The molecule has 0 unspecified atom stereocenters. The number of carbonyl (C=O) groups is 3. The van der Waals surface area contributed by atoms with Crippen LogP contribution in [0.5, 0.6) is 0 Å². The van der Waals surface area contributed by atoms with Crippen LogP contribution in [0, 0.1) is 5.41 Å². The number of benzene rings is 1. The van der Waals surface area contributed by atoms with E-state index in [0.717, 1.165) is 12.0 Å². The van der Waals surface area contributed by atoms with Crippen LogP contribution in [0.1, 0.15) is 31.2 Å². The van der Waals surface area contributed by atoms with Gasteiger partial charge in [-0.15, -0.1) is 0 Å². The fraction of sp³-hybridized carbons (Fsp3) is 0.471. The van der Waals surface area contributed by atoms with Gasteiger partial charge in [-0.3, -0.25) is 14.4 Å². The number of amides is 2. The standard InChI is InChI=1S/C17H22N2O4/c1-19(12-13-6-3-2-4-7-13)15(21)11-18-14(20)10-17(16(22)23)8-5-9-17/h2-4,6-7H,5,8-12H2,1H3,(H,18,20)(H,22,23). The molecule has 0 atom stereocenters. The number of nitrogens with zero attached hydrogens (tertiary/aromatic N) is 1. The number of aliphatic carboxylic acids is 1. The van der Waals surface area contributed by atoms with E-state index in [4.69, 9.17) is 0 Å². The number of hydrogen-bond acceptors (Lipinski definition) is 3. The van der Waals surface area contributed by atoms with E-state index in [1.165, 1.54) is 4.90 Å². The van der Waals surface area contributed by atoms with Gasteiger partial charge in [0.2, 0.25) is 11.8 Å². The Morgan fingerprint density at radius 3 is 2.39 bits per heavy atom. The van der Waals surface area contributed by atoms with Crippen LogP contribution in [-0.4, -0.2) is 41.4 Å². The van der Waals surface area contributed by atoms with Crippen LogP contribution in [0.2, 0.25) is 0 Å². The molecular weight excluding hydrogens is 296 g/mol. The summed E-state index contributed by atoms with van der Waals surface area (Å²) in [5.41, 5.74) is 0.0808. The Kier molecular flexibility index (Phi) is 5.36. The van der Waals surface area contributed by atoms with Gasteiger partial charge in [0.05, 0.1) is 12.0 Å². The molecule has 6 nitrogen and oxygen atoms in total. The molecule has 1 aromatic rings. The second-order valence-electron chi connectivity index (χ2n) is 6.13. The predicted octanol–water partition coefficient (Wildman–Crippen LogP) is 1.41. The fourth-order valence-electron chi connectivity index (χ4n) is 2.69. The van der Waals surface area contributed by atoms with Gasteiger partial charge in [0.25, 0.3) is 0 Å². The molecular formula is C17H22N2O4. The van der Waals surface area contributed by atoms with E-state index in [1.54, 1.807) is 7.05 Å². The molecule has 0 heterocycles. The van der Waals surface area contributed by atoms with Gasteiger partial charge in [-0.25, -0.2) is 0 Å². The van der Waals surface area contributed by atoms with E-state index in [0.29, 0.717) is 19.4 Å². The molecule has 0 radical (unpaired) electrons. The first kappa shape index (κ1) is 17.0. The van der Waals surface area contributed by atoms with Crippen molar-refractivity contribution in [1.82, 2.24) is 10.2 Å². The number of carbonyl (C=O) groups excluding carboxylic acids is 2. The minimum absolute atomic E-state index is 0.0575. The molecule has 0 aliphatic heterocycles. The molecule has 0 saturated heterocycles. The second-order valence-corrected chi connectivity index (χ2v) is 6.13. The lowest BCUT2D eigenvalue weighted by Crippen LogP contribution is -2.44. The number of carboxylic acids is 1. The second kappa shape index (κ2) is 7.26. The zero-order valence-electron chi connectivity index (χ0n) is 13.2. The summed E-state index contributed by atoms with van der Waals surface area (Å²) in [6.07, 6.45) is 1.82. The van der Waals surface area contributed by atoms with E-state index in [9.17, 15) is 19.5 Å². The van der Waals surface area contributed by atoms with Crippen LogP contribution < -0.4 is 5.32 Å². The predicted molar refractivity (Wildman–Crippen MR) is 84.5 cm³/mol. The summed E-state index contributed by atoms with van der Waals surface area (Å²) < 4.78 is 0. The molecule has 6 heteroatoms. The summed E-state index contributed by atoms with van der Waals surface area (Å²) in [5, 5.41) is 11.7. The largest absolute Gasteiger partial charge is 0.481 e. The molecule has 0 spiro atoms. The number of nitrogens with one attached hydrogen (secondary N) is 1. The van der Waals surface area contributed by atoms with Gasteiger partial charge in [0.15, 0.2) is 0 Å². The maximum absolute atomic E-state index is 12.0. The highest BCUT2D eigenvalue weighted by molar-refractivity contribution is 5.88. The van der Waals surface area contributed by atoms with Crippen molar-refractivity contribution in [2.45, 2.75) is 32.2 Å². The molecule has 23 heavy (non-hydrogen) atoms. The summed E-state index contributed by atoms with van der Waals surface area (Å²) in [7, 11) is 1.67. The molecule has 1 aliphatic carbocycles. The van der Waals surface area contributed by atoms with E-state index >= 15 is 0 Å². The van der Waals surface area contributed by atoms with E-state index < -0.39 is 11.4 Å². The average Bonchev–Trinajstić information content (AvgIpc) is 2.49. The van der Waals surface area contributed by atoms with Crippen LogP contribution in [-0.2, 0) is 20.9 Å². The van der Waals surface area contributed by atoms with Crippen molar-refractivity contribution in [1.29, 1.82) is 0 Å². The SMILES string of the molecule is CN(Cc1ccccc1)C(=O)CNC(=O)CC1(C(=O)O)CCC1. The molecule has 2 rings (SSSR count). The lowest BCUT2D eigenvalue weighted by molar-refractivity contribution is -0.157. The van der Waals surface area contributed by atoms with E-state index in [1.807, 2.05) is 30.3 Å². The van der Waals surface area contributed by atoms with Crippen molar-refractivity contribution in [3.05, 3.63) is 35.9 Å². The summed E-state index contributed by atoms with van der Waals surface area (Å²) in [6, 6.07) is 9.56. The van der Waals surface area contributed by atoms with Gasteiger partial charge < -0.3 is 15.3 Å². The maximum Gasteiger partial charge on any atom is 0.310 e. The molecule has 1 aliphatic rings. The minimum Gasteiger partial charge on any atom is -0.481 e. The topological polar surface area (TPSA) is 86.7 Å². The fourth-order valence-corrected chi connectivity index (χ4v) is 2.69. The highest BCUT2D eigenvalue weighted by atomic mass is 16.4. The Morgan fingerprint density at radius 1 is 1.22 bits per heavy atom. The first-order chi connectivity index (χ1) is 10.9. The lowest BCUT2D eigenvalue weighted by Gasteiger charge is -2.36. The third-order valence-corrected chi connectivity index (χ3v) is 4.39. The van der Waals surface area contributed by atoms with Crippen LogP contribution in [0.15, 0.2) is 30.3 Å². The Balaban J connectivity index is 1.77. The molecule has 2 amide bonds. The van der Waals surface area contributed by atoms with Gasteiger partial charge >= 0.3 is 5.97 Å². The monoisotopic (exact) mass is 318 g/mol. The van der Waals surface area contributed by atoms with Crippen molar-refractivity contribution in [2.75, 3.05) is 13.6 Å². The van der Waals surface area contributed by atoms with Crippen molar-refractivity contribution in [3.63, 3.8) is 0 Å². The minimum atomic E-state index is -0.928. The Labute approximate surface area is 135 Å². The Hall–Kier alpha value is -2.37. The van der Waals surface area contributed by atoms with E-state index in [2.05, 4.69) is 5.32 Å². The summed E-state index contributed by atoms with van der Waals surface area (Å²) in [5.74, 6) is -1.51. The number of hydrogen-bond donors (Lipinski definition) is 2. The quantitative estimate of drug-likeness (QED) is 0.796. The third-order valence-electron chi connectivity index (χ3n) is 4.39. The molecule has 1 aromatic carbocycles. The third kappa shape index (κ3) is 4.31. The maximum atomic E-state index is 12.0. The summed E-state index contributed by atoms with van der Waals surface area (Å²) >= 11 is 0. The zero-order chi connectivity index (χ0) is 16.9. The summed E-state index contributed by atoms with van der Waals surface area (Å²) in [4.78, 5) is 36.7. The molecule has 124 valence electrons. The van der Waals surface area contributed by atoms with Crippen LogP contribution in [0.4, 0.5) is 0 Å². The van der Waals surface area contributed by atoms with Crippen molar-refractivity contribution >= 4 is 17.8 Å². The molecule has 2 N–H and O–H groups in total. The van der Waals surface area contributed by atoms with Crippen LogP contribution in [0.3, 0.4) is 0 Å².